The van der Waals surface area contributed by atoms with Crippen molar-refractivity contribution in [1.82, 2.24) is 4.72 Å². The molecule has 5 nitrogen and oxygen atoms in total. The lowest BCUT2D eigenvalue weighted by molar-refractivity contribution is -0.0451. The first-order valence-corrected chi connectivity index (χ1v) is 8.55. The highest BCUT2D eigenvalue weighted by Crippen LogP contribution is 2.07. The van der Waals surface area contributed by atoms with E-state index in [-0.39, 0.29) is 12.0 Å². The minimum atomic E-state index is -3.20. The van der Waals surface area contributed by atoms with E-state index in [4.69, 9.17) is 9.47 Å². The maximum Gasteiger partial charge on any atom is 0.211 e. The Bertz CT molecular complexity index is 483. The predicted octanol–water partition coefficient (Wildman–Crippen LogP) is 1.30. The van der Waals surface area contributed by atoms with Gasteiger partial charge in [-0.05, 0) is 18.4 Å². The third-order valence-electron chi connectivity index (χ3n) is 3.11. The van der Waals surface area contributed by atoms with Crippen molar-refractivity contribution < 1.29 is 17.9 Å². The second kappa shape index (κ2) is 7.73. The molecule has 6 heteroatoms. The first-order valence-electron chi connectivity index (χ1n) is 6.90. The molecular formula is C14H21NO4S. The third-order valence-corrected chi connectivity index (χ3v) is 4.58. The second-order valence-electron chi connectivity index (χ2n) is 4.76. The zero-order chi connectivity index (χ0) is 14.3. The number of benzene rings is 1. The predicted molar refractivity (Wildman–Crippen MR) is 76.9 cm³/mol. The Morgan fingerprint density at radius 2 is 1.85 bits per heavy atom. The van der Waals surface area contributed by atoms with Crippen LogP contribution in [0.1, 0.15) is 18.4 Å². The van der Waals surface area contributed by atoms with Gasteiger partial charge in [-0.2, -0.15) is 0 Å². The maximum absolute atomic E-state index is 11.8. The smallest absolute Gasteiger partial charge is 0.211 e. The number of hydrogen-bond donors (Lipinski definition) is 1. The summed E-state index contributed by atoms with van der Waals surface area (Å²) in [6.07, 6.45) is 1.69. The Labute approximate surface area is 120 Å². The van der Waals surface area contributed by atoms with Crippen LogP contribution in [0, 0.1) is 0 Å². The molecule has 0 aromatic heterocycles. The molecule has 1 aliphatic heterocycles. The number of sulfonamides is 1. The monoisotopic (exact) mass is 299 g/mol. The molecule has 1 aliphatic rings. The van der Waals surface area contributed by atoms with Gasteiger partial charge >= 0.3 is 0 Å². The van der Waals surface area contributed by atoms with Crippen LogP contribution in [0.15, 0.2) is 30.3 Å². The molecule has 0 radical (unpaired) electrons. The summed E-state index contributed by atoms with van der Waals surface area (Å²) in [5.74, 6) is 0.147. The lowest BCUT2D eigenvalue weighted by Gasteiger charge is -2.10. The van der Waals surface area contributed by atoms with Crippen molar-refractivity contribution in [3.63, 3.8) is 0 Å². The average molecular weight is 299 g/mol. The number of aryl methyl sites for hydroxylation is 1. The number of hydrogen-bond acceptors (Lipinski definition) is 4. The molecule has 0 bridgehead atoms. The molecule has 1 aromatic rings. The molecular weight excluding hydrogens is 278 g/mol. The van der Waals surface area contributed by atoms with Crippen LogP contribution < -0.4 is 4.72 Å². The van der Waals surface area contributed by atoms with Crippen LogP contribution >= 0.6 is 0 Å². The van der Waals surface area contributed by atoms with Crippen molar-refractivity contribution in [3.8, 4) is 0 Å². The van der Waals surface area contributed by atoms with Crippen LogP contribution in [-0.4, -0.2) is 40.2 Å². The molecule has 0 saturated carbocycles. The summed E-state index contributed by atoms with van der Waals surface area (Å²) >= 11 is 0. The molecule has 0 amide bonds. The second-order valence-corrected chi connectivity index (χ2v) is 6.69. The van der Waals surface area contributed by atoms with Gasteiger partial charge in [0.2, 0.25) is 10.0 Å². The van der Waals surface area contributed by atoms with Crippen molar-refractivity contribution in [1.29, 1.82) is 0 Å². The normalized spacial score (nSPS) is 16.6. The maximum atomic E-state index is 11.8. The largest absolute Gasteiger partial charge is 0.350 e. The van der Waals surface area contributed by atoms with Crippen LogP contribution in [0.3, 0.4) is 0 Å². The fraction of sp³-hybridized carbons (Fsp3) is 0.571. The van der Waals surface area contributed by atoms with E-state index in [9.17, 15) is 8.42 Å². The minimum Gasteiger partial charge on any atom is -0.350 e. The lowest BCUT2D eigenvalue weighted by atomic mass is 10.1. The van der Waals surface area contributed by atoms with Gasteiger partial charge in [0.25, 0.3) is 0 Å². The molecule has 0 aliphatic carbocycles. The quantitative estimate of drug-likeness (QED) is 0.786. The first kappa shape index (κ1) is 15.4. The Kier molecular flexibility index (Phi) is 5.97. The SMILES string of the molecule is O=S(=O)(CCCc1ccccc1)NCCC1OCCO1. The van der Waals surface area contributed by atoms with Crippen molar-refractivity contribution in [3.05, 3.63) is 35.9 Å². The van der Waals surface area contributed by atoms with Crippen LogP contribution in [0.2, 0.25) is 0 Å². The molecule has 2 rings (SSSR count). The molecule has 0 spiro atoms. The summed E-state index contributed by atoms with van der Waals surface area (Å²) in [7, 11) is -3.20. The molecule has 1 fully saturated rings. The standard InChI is InChI=1S/C14H21NO4S/c16-20(17,15-9-8-14-18-10-11-19-14)12-4-7-13-5-2-1-3-6-13/h1-3,5-6,14-15H,4,7-12H2. The Hall–Kier alpha value is -0.950. The summed E-state index contributed by atoms with van der Waals surface area (Å²) in [6, 6.07) is 9.89. The first-order chi connectivity index (χ1) is 9.66. The van der Waals surface area contributed by atoms with E-state index >= 15 is 0 Å². The van der Waals surface area contributed by atoms with E-state index in [1.165, 1.54) is 0 Å². The van der Waals surface area contributed by atoms with E-state index in [1.54, 1.807) is 0 Å². The molecule has 1 heterocycles. The Morgan fingerprint density at radius 3 is 2.55 bits per heavy atom. The minimum absolute atomic E-state index is 0.147. The van der Waals surface area contributed by atoms with Gasteiger partial charge in [0.05, 0.1) is 19.0 Å². The number of ether oxygens (including phenoxy) is 2. The van der Waals surface area contributed by atoms with Crippen LogP contribution in [-0.2, 0) is 25.9 Å². The van der Waals surface area contributed by atoms with E-state index in [2.05, 4.69) is 4.72 Å². The summed E-state index contributed by atoms with van der Waals surface area (Å²) in [6.45, 7) is 1.54. The fourth-order valence-corrected chi connectivity index (χ4v) is 3.19. The van der Waals surface area contributed by atoms with Crippen molar-refractivity contribution in [2.45, 2.75) is 25.6 Å². The Morgan fingerprint density at radius 1 is 1.15 bits per heavy atom. The summed E-state index contributed by atoms with van der Waals surface area (Å²) in [4.78, 5) is 0. The fourth-order valence-electron chi connectivity index (χ4n) is 2.09. The lowest BCUT2D eigenvalue weighted by Crippen LogP contribution is -2.29. The van der Waals surface area contributed by atoms with Crippen LogP contribution in [0.4, 0.5) is 0 Å². The topological polar surface area (TPSA) is 64.6 Å². The van der Waals surface area contributed by atoms with Crippen molar-refractivity contribution in [2.24, 2.45) is 0 Å². The zero-order valence-electron chi connectivity index (χ0n) is 11.5. The highest BCUT2D eigenvalue weighted by Gasteiger charge is 2.17. The molecule has 20 heavy (non-hydrogen) atoms. The molecule has 112 valence electrons. The van der Waals surface area contributed by atoms with Gasteiger partial charge in [-0.1, -0.05) is 30.3 Å². The van der Waals surface area contributed by atoms with Gasteiger partial charge in [-0.15, -0.1) is 0 Å². The van der Waals surface area contributed by atoms with Gasteiger partial charge in [0.1, 0.15) is 0 Å². The molecule has 0 atom stereocenters. The highest BCUT2D eigenvalue weighted by atomic mass is 32.2. The summed E-state index contributed by atoms with van der Waals surface area (Å²) < 4.78 is 36.7. The summed E-state index contributed by atoms with van der Waals surface area (Å²) in [5.41, 5.74) is 1.16. The number of rotatable bonds is 8. The number of nitrogens with one attached hydrogen (secondary N) is 1. The molecule has 1 saturated heterocycles. The van der Waals surface area contributed by atoms with E-state index < -0.39 is 10.0 Å². The molecule has 1 aromatic carbocycles. The molecule has 1 N–H and O–H groups in total. The van der Waals surface area contributed by atoms with Crippen molar-refractivity contribution in [2.75, 3.05) is 25.5 Å². The van der Waals surface area contributed by atoms with Gasteiger partial charge in [-0.3, -0.25) is 0 Å². The van der Waals surface area contributed by atoms with Gasteiger partial charge in [-0.25, -0.2) is 13.1 Å². The zero-order valence-corrected chi connectivity index (χ0v) is 12.3. The van der Waals surface area contributed by atoms with Gasteiger partial charge in [0, 0.05) is 13.0 Å². The summed E-state index contributed by atoms with van der Waals surface area (Å²) in [5, 5.41) is 0. The van der Waals surface area contributed by atoms with Crippen LogP contribution in [0.25, 0.3) is 0 Å². The molecule has 0 unspecified atom stereocenters. The van der Waals surface area contributed by atoms with Crippen molar-refractivity contribution >= 4 is 10.0 Å². The highest BCUT2D eigenvalue weighted by molar-refractivity contribution is 7.89. The van der Waals surface area contributed by atoms with Crippen LogP contribution in [0.5, 0.6) is 0 Å². The Balaban J connectivity index is 1.63. The average Bonchev–Trinajstić information content (AvgIpc) is 2.93. The van der Waals surface area contributed by atoms with E-state index in [1.807, 2.05) is 30.3 Å². The third kappa shape index (κ3) is 5.58. The van der Waals surface area contributed by atoms with E-state index in [0.717, 1.165) is 12.0 Å². The van der Waals surface area contributed by atoms with Gasteiger partial charge < -0.3 is 9.47 Å². The van der Waals surface area contributed by atoms with E-state index in [0.29, 0.717) is 32.6 Å². The van der Waals surface area contributed by atoms with Gasteiger partial charge in [0.15, 0.2) is 6.29 Å².